The van der Waals surface area contributed by atoms with E-state index in [0.29, 0.717) is 23.0 Å². The highest BCUT2D eigenvalue weighted by Crippen LogP contribution is 2.21. The Morgan fingerprint density at radius 2 is 1.90 bits per heavy atom. The monoisotopic (exact) mass is 290 g/mol. The molecule has 1 atom stereocenters. The second-order valence-electron chi connectivity index (χ2n) is 4.70. The van der Waals surface area contributed by atoms with Gasteiger partial charge in [-0.3, -0.25) is 4.79 Å². The summed E-state index contributed by atoms with van der Waals surface area (Å²) in [6.07, 6.45) is 0.377. The summed E-state index contributed by atoms with van der Waals surface area (Å²) in [5.41, 5.74) is 2.23. The van der Waals surface area contributed by atoms with Crippen LogP contribution in [-0.4, -0.2) is 21.0 Å². The van der Waals surface area contributed by atoms with E-state index >= 15 is 0 Å². The SMILES string of the molecule is Cc1cc(C(Cc2ccc(Cl)cc2)C(=O)O)nc(C)n1. The second kappa shape index (κ2) is 6.01. The number of aliphatic carboxylic acids is 1. The van der Waals surface area contributed by atoms with Crippen molar-refractivity contribution in [3.8, 4) is 0 Å². The second-order valence-corrected chi connectivity index (χ2v) is 5.14. The number of aromatic nitrogens is 2. The van der Waals surface area contributed by atoms with Crippen LogP contribution in [0.3, 0.4) is 0 Å². The molecular weight excluding hydrogens is 276 g/mol. The fraction of sp³-hybridized carbons (Fsp3) is 0.267. The number of carboxylic acids is 1. The molecule has 0 aliphatic rings. The molecule has 1 heterocycles. The molecule has 0 spiro atoms. The van der Waals surface area contributed by atoms with E-state index in [9.17, 15) is 9.90 Å². The summed E-state index contributed by atoms with van der Waals surface area (Å²) < 4.78 is 0. The van der Waals surface area contributed by atoms with Crippen molar-refractivity contribution >= 4 is 17.6 Å². The van der Waals surface area contributed by atoms with Crippen LogP contribution in [-0.2, 0) is 11.2 Å². The van der Waals surface area contributed by atoms with Gasteiger partial charge in [-0.2, -0.15) is 0 Å². The summed E-state index contributed by atoms with van der Waals surface area (Å²) >= 11 is 5.83. The third-order valence-electron chi connectivity index (χ3n) is 2.99. The summed E-state index contributed by atoms with van der Waals surface area (Å²) in [7, 11) is 0. The fourth-order valence-electron chi connectivity index (χ4n) is 2.10. The topological polar surface area (TPSA) is 63.1 Å². The molecular formula is C15H15ClN2O2. The van der Waals surface area contributed by atoms with Crippen LogP contribution in [0, 0.1) is 13.8 Å². The van der Waals surface area contributed by atoms with Crippen LogP contribution < -0.4 is 0 Å². The number of halogens is 1. The van der Waals surface area contributed by atoms with Gasteiger partial charge in [-0.05, 0) is 44.0 Å². The fourth-order valence-corrected chi connectivity index (χ4v) is 2.22. The Kier molecular flexibility index (Phi) is 4.35. The summed E-state index contributed by atoms with van der Waals surface area (Å²) in [4.78, 5) is 19.9. The molecule has 104 valence electrons. The van der Waals surface area contributed by atoms with Crippen molar-refractivity contribution in [3.05, 3.63) is 58.1 Å². The summed E-state index contributed by atoms with van der Waals surface area (Å²) in [6, 6.07) is 8.90. The highest BCUT2D eigenvalue weighted by Gasteiger charge is 2.22. The molecule has 0 radical (unpaired) electrons. The van der Waals surface area contributed by atoms with Gasteiger partial charge in [-0.25, -0.2) is 9.97 Å². The first-order valence-corrected chi connectivity index (χ1v) is 6.63. The van der Waals surface area contributed by atoms with Gasteiger partial charge in [0.25, 0.3) is 0 Å². The minimum Gasteiger partial charge on any atom is -0.481 e. The van der Waals surface area contributed by atoms with Crippen molar-refractivity contribution in [3.63, 3.8) is 0 Å². The Bertz CT molecular complexity index is 606. The Morgan fingerprint density at radius 1 is 1.25 bits per heavy atom. The third kappa shape index (κ3) is 3.54. The molecule has 0 amide bonds. The first kappa shape index (κ1) is 14.5. The van der Waals surface area contributed by atoms with E-state index in [2.05, 4.69) is 9.97 Å². The number of carbonyl (C=O) groups is 1. The standard InChI is InChI=1S/C15H15ClN2O2/c1-9-7-14(18-10(2)17-9)13(15(19)20)8-11-3-5-12(16)6-4-11/h3-7,13H,8H2,1-2H3,(H,19,20). The van der Waals surface area contributed by atoms with Crippen LogP contribution in [0.15, 0.2) is 30.3 Å². The van der Waals surface area contributed by atoms with E-state index in [0.717, 1.165) is 11.3 Å². The van der Waals surface area contributed by atoms with Crippen LogP contribution in [0.5, 0.6) is 0 Å². The smallest absolute Gasteiger partial charge is 0.312 e. The molecule has 0 aliphatic carbocycles. The van der Waals surface area contributed by atoms with E-state index in [1.807, 2.05) is 19.1 Å². The molecule has 1 aromatic carbocycles. The molecule has 0 saturated carbocycles. The van der Waals surface area contributed by atoms with Gasteiger partial charge in [0.05, 0.1) is 5.69 Å². The van der Waals surface area contributed by atoms with Crippen molar-refractivity contribution in [1.29, 1.82) is 0 Å². The summed E-state index contributed by atoms with van der Waals surface area (Å²) in [5.74, 6) is -0.989. The number of aryl methyl sites for hydroxylation is 2. The molecule has 0 fully saturated rings. The molecule has 2 aromatic rings. The van der Waals surface area contributed by atoms with Crippen LogP contribution in [0.1, 0.15) is 28.7 Å². The van der Waals surface area contributed by atoms with Gasteiger partial charge in [0.1, 0.15) is 11.7 Å². The summed E-state index contributed by atoms with van der Waals surface area (Å²) in [5, 5.41) is 10.1. The van der Waals surface area contributed by atoms with E-state index < -0.39 is 11.9 Å². The zero-order valence-corrected chi connectivity index (χ0v) is 12.1. The maximum Gasteiger partial charge on any atom is 0.312 e. The lowest BCUT2D eigenvalue weighted by molar-refractivity contribution is -0.138. The Hall–Kier alpha value is -1.94. The lowest BCUT2D eigenvalue weighted by Gasteiger charge is -2.13. The summed E-state index contributed by atoms with van der Waals surface area (Å²) in [6.45, 7) is 3.59. The van der Waals surface area contributed by atoms with Gasteiger partial charge in [0.2, 0.25) is 0 Å². The molecule has 1 unspecified atom stereocenters. The van der Waals surface area contributed by atoms with Gasteiger partial charge in [0, 0.05) is 10.7 Å². The maximum absolute atomic E-state index is 11.5. The van der Waals surface area contributed by atoms with Crippen LogP contribution in [0.25, 0.3) is 0 Å². The van der Waals surface area contributed by atoms with E-state index in [1.165, 1.54) is 0 Å². The molecule has 2 rings (SSSR count). The predicted molar refractivity (Wildman–Crippen MR) is 77.0 cm³/mol. The Labute approximate surface area is 122 Å². The van der Waals surface area contributed by atoms with Crippen molar-refractivity contribution in [1.82, 2.24) is 9.97 Å². The molecule has 0 aliphatic heterocycles. The molecule has 0 saturated heterocycles. The normalized spacial score (nSPS) is 12.2. The van der Waals surface area contributed by atoms with Crippen molar-refractivity contribution in [2.24, 2.45) is 0 Å². The van der Waals surface area contributed by atoms with E-state index in [-0.39, 0.29) is 0 Å². The highest BCUT2D eigenvalue weighted by atomic mass is 35.5. The average molecular weight is 291 g/mol. The minimum atomic E-state index is -0.891. The minimum absolute atomic E-state index is 0.377. The number of hydrogen-bond donors (Lipinski definition) is 1. The Morgan fingerprint density at radius 3 is 2.45 bits per heavy atom. The van der Waals surface area contributed by atoms with Gasteiger partial charge in [-0.1, -0.05) is 23.7 Å². The van der Waals surface area contributed by atoms with Crippen molar-refractivity contribution < 1.29 is 9.90 Å². The number of benzene rings is 1. The quantitative estimate of drug-likeness (QED) is 0.939. The number of hydrogen-bond acceptors (Lipinski definition) is 3. The number of nitrogens with zero attached hydrogens (tertiary/aromatic N) is 2. The largest absolute Gasteiger partial charge is 0.481 e. The molecule has 4 nitrogen and oxygen atoms in total. The first-order valence-electron chi connectivity index (χ1n) is 6.25. The average Bonchev–Trinajstić information content (AvgIpc) is 2.36. The first-order chi connectivity index (χ1) is 9.45. The molecule has 5 heteroatoms. The number of carboxylic acid groups (broad SMARTS) is 1. The van der Waals surface area contributed by atoms with Crippen molar-refractivity contribution in [2.75, 3.05) is 0 Å². The molecule has 0 bridgehead atoms. The van der Waals surface area contributed by atoms with Gasteiger partial charge in [0.15, 0.2) is 0 Å². The van der Waals surface area contributed by atoms with Crippen LogP contribution >= 0.6 is 11.6 Å². The lowest BCUT2D eigenvalue weighted by atomic mass is 9.95. The third-order valence-corrected chi connectivity index (χ3v) is 3.25. The van der Waals surface area contributed by atoms with Crippen LogP contribution in [0.4, 0.5) is 0 Å². The molecule has 20 heavy (non-hydrogen) atoms. The van der Waals surface area contributed by atoms with Crippen molar-refractivity contribution in [2.45, 2.75) is 26.2 Å². The van der Waals surface area contributed by atoms with E-state index in [1.54, 1.807) is 25.1 Å². The van der Waals surface area contributed by atoms with E-state index in [4.69, 9.17) is 11.6 Å². The zero-order chi connectivity index (χ0) is 14.7. The van der Waals surface area contributed by atoms with Gasteiger partial charge < -0.3 is 5.11 Å². The predicted octanol–water partition coefficient (Wildman–Crippen LogP) is 3.16. The molecule has 1 aromatic heterocycles. The Balaban J connectivity index is 2.31. The maximum atomic E-state index is 11.5. The lowest BCUT2D eigenvalue weighted by Crippen LogP contribution is -2.17. The zero-order valence-electron chi connectivity index (χ0n) is 11.3. The number of rotatable bonds is 4. The van der Waals surface area contributed by atoms with Gasteiger partial charge in [-0.15, -0.1) is 0 Å². The van der Waals surface area contributed by atoms with Gasteiger partial charge >= 0.3 is 5.97 Å². The molecule has 1 N–H and O–H groups in total. The highest BCUT2D eigenvalue weighted by molar-refractivity contribution is 6.30. The van der Waals surface area contributed by atoms with Crippen LogP contribution in [0.2, 0.25) is 5.02 Å².